The molecule has 0 bridgehead atoms. The van der Waals surface area contributed by atoms with Crippen LogP contribution in [-0.4, -0.2) is 18.9 Å². The third kappa shape index (κ3) is 2.26. The van der Waals surface area contributed by atoms with E-state index in [0.717, 1.165) is 11.8 Å². The number of rotatable bonds is 4. The first-order chi connectivity index (χ1) is 4.77. The van der Waals surface area contributed by atoms with Gasteiger partial charge >= 0.3 is 79.8 Å². The van der Waals surface area contributed by atoms with E-state index in [-0.39, 0.29) is 18.9 Å². The molecule has 1 aliphatic carbocycles. The number of allylic oxidation sites excluding steroid dienone is 1. The Labute approximate surface area is 79.4 Å². The average molecular weight is 308 g/mol. The summed E-state index contributed by atoms with van der Waals surface area (Å²) < 4.78 is 1.49. The van der Waals surface area contributed by atoms with Crippen LogP contribution in [0.4, 0.5) is 0 Å². The van der Waals surface area contributed by atoms with Gasteiger partial charge in [0.05, 0.1) is 0 Å². The third-order valence-electron chi connectivity index (χ3n) is 2.34. The van der Waals surface area contributed by atoms with Crippen LogP contribution >= 0.6 is 12.7 Å². The van der Waals surface area contributed by atoms with Gasteiger partial charge in [-0.25, -0.2) is 0 Å². The normalized spacial score (nSPS) is 30.0. The van der Waals surface area contributed by atoms with Crippen LogP contribution in [0.3, 0.4) is 0 Å². The average Bonchev–Trinajstić information content (AvgIpc) is 2.46. The molecule has 0 heterocycles. The number of hydrogen-bond donors (Lipinski definition) is 0. The van der Waals surface area contributed by atoms with Crippen LogP contribution in [0.15, 0.2) is 12.2 Å². The predicted molar refractivity (Wildman–Crippen MR) is 50.5 cm³/mol. The molecule has 0 aromatic rings. The summed E-state index contributed by atoms with van der Waals surface area (Å²) in [6, 6.07) is 0. The van der Waals surface area contributed by atoms with Gasteiger partial charge in [0.1, 0.15) is 0 Å². The van der Waals surface area contributed by atoms with Crippen molar-refractivity contribution in [3.8, 4) is 0 Å². The van der Waals surface area contributed by atoms with Crippen molar-refractivity contribution >= 4 is 31.6 Å². The Morgan fingerprint density at radius 1 is 1.70 bits per heavy atom. The van der Waals surface area contributed by atoms with Gasteiger partial charge in [-0.3, -0.25) is 0 Å². The molecule has 1 fully saturated rings. The van der Waals surface area contributed by atoms with Crippen LogP contribution in [0.2, 0.25) is 4.44 Å². The second-order valence-corrected chi connectivity index (χ2v) is 8.95. The van der Waals surface area contributed by atoms with Gasteiger partial charge in [0, 0.05) is 0 Å². The van der Waals surface area contributed by atoms with E-state index in [1.807, 2.05) is 0 Å². The van der Waals surface area contributed by atoms with Crippen LogP contribution in [0.1, 0.15) is 19.8 Å². The molecule has 1 rings (SSSR count). The first kappa shape index (κ1) is 9.11. The van der Waals surface area contributed by atoms with E-state index < -0.39 is 0 Å². The number of halogens is 1. The second-order valence-electron chi connectivity index (χ2n) is 3.00. The zero-order chi connectivity index (χ0) is 7.56. The maximum absolute atomic E-state index is 4.01. The van der Waals surface area contributed by atoms with E-state index in [0.29, 0.717) is 0 Å². The molecule has 1 aliphatic rings. The van der Waals surface area contributed by atoms with Gasteiger partial charge in [0.15, 0.2) is 0 Å². The van der Waals surface area contributed by atoms with Gasteiger partial charge in [-0.15, -0.1) is 0 Å². The van der Waals surface area contributed by atoms with Crippen molar-refractivity contribution in [2.75, 3.05) is 0 Å². The van der Waals surface area contributed by atoms with E-state index in [2.05, 4.69) is 26.2 Å². The Hall–Kier alpha value is 1.02. The summed E-state index contributed by atoms with van der Waals surface area (Å²) in [5.41, 5.74) is 1.50. The van der Waals surface area contributed by atoms with Crippen LogP contribution < -0.4 is 0 Å². The molecule has 2 atom stereocenters. The molecule has 0 unspecified atom stereocenters. The maximum atomic E-state index is 4.01. The summed E-state index contributed by atoms with van der Waals surface area (Å²) in [6.07, 6.45) is 2.85. The molecule has 0 aliphatic heterocycles. The molecule has 0 N–H and O–H groups in total. The molecule has 54 valence electrons. The fourth-order valence-corrected chi connectivity index (χ4v) is 4.21. The Morgan fingerprint density at radius 3 is 2.70 bits per heavy atom. The summed E-state index contributed by atoms with van der Waals surface area (Å²) in [4.78, 5) is 0. The molecule has 0 spiro atoms. The van der Waals surface area contributed by atoms with Crippen LogP contribution in [0.25, 0.3) is 0 Å². The van der Waals surface area contributed by atoms with Gasteiger partial charge in [-0.2, -0.15) is 0 Å². The quantitative estimate of drug-likeness (QED) is 0.425. The van der Waals surface area contributed by atoms with Crippen molar-refractivity contribution < 1.29 is 0 Å². The molecule has 0 aromatic heterocycles. The van der Waals surface area contributed by atoms with Crippen molar-refractivity contribution in [1.29, 1.82) is 0 Å². The first-order valence-electron chi connectivity index (χ1n) is 3.79. The molecule has 0 radical (unpaired) electrons. The molecule has 0 saturated heterocycles. The molecule has 1 saturated carbocycles. The summed E-state index contributed by atoms with van der Waals surface area (Å²) in [6.45, 7) is 6.30. The Kier molecular flexibility index (Phi) is 3.78. The van der Waals surface area contributed by atoms with Crippen molar-refractivity contribution in [3.05, 3.63) is 12.2 Å². The van der Waals surface area contributed by atoms with Crippen molar-refractivity contribution in [2.24, 2.45) is 11.8 Å². The van der Waals surface area contributed by atoms with Crippen LogP contribution in [0.5, 0.6) is 0 Å². The standard InChI is InChI=1S/C8H13.BrH.Sn/c1-4-5-8-6(2)7(8)3;;/h7-8H,1-2,4-5H2,3H3;1H;/q;;+3/p-1/t7-,8-;;/m0../s1. The molecule has 0 nitrogen and oxygen atoms in total. The van der Waals surface area contributed by atoms with Gasteiger partial charge in [-0.05, 0) is 0 Å². The molecular formula is C8H13BrSn+2. The van der Waals surface area contributed by atoms with E-state index in [9.17, 15) is 0 Å². The van der Waals surface area contributed by atoms with Crippen LogP contribution in [0, 0.1) is 11.8 Å². The van der Waals surface area contributed by atoms with Gasteiger partial charge < -0.3 is 0 Å². The number of hydrogen-bond acceptors (Lipinski definition) is 0. The fourth-order valence-electron chi connectivity index (χ4n) is 1.37. The minimum atomic E-state index is -0.0774. The summed E-state index contributed by atoms with van der Waals surface area (Å²) >= 11 is 3.52. The van der Waals surface area contributed by atoms with Crippen LogP contribution in [-0.2, 0) is 0 Å². The van der Waals surface area contributed by atoms with Crippen molar-refractivity contribution in [2.45, 2.75) is 24.2 Å². The van der Waals surface area contributed by atoms with E-state index in [1.165, 1.54) is 22.9 Å². The summed E-state index contributed by atoms with van der Waals surface area (Å²) in [5, 5.41) is 0. The molecule has 2 heteroatoms. The second kappa shape index (κ2) is 4.15. The monoisotopic (exact) mass is 308 g/mol. The van der Waals surface area contributed by atoms with Crippen molar-refractivity contribution in [1.82, 2.24) is 0 Å². The van der Waals surface area contributed by atoms with Crippen molar-refractivity contribution in [3.63, 3.8) is 0 Å². The molecule has 0 amide bonds. The Balaban J connectivity index is 2.01. The zero-order valence-corrected chi connectivity index (χ0v) is 10.8. The topological polar surface area (TPSA) is 0 Å². The van der Waals surface area contributed by atoms with E-state index >= 15 is 0 Å². The SMILES string of the molecule is C=C1[C@H](C)[C@H]1CC[CH2][Sn+2][Br]. The summed E-state index contributed by atoms with van der Waals surface area (Å²) in [7, 11) is 0. The minimum absolute atomic E-state index is 0.0774. The predicted octanol–water partition coefficient (Wildman–Crippen LogP) is 3.02. The molecular weight excluding hydrogens is 295 g/mol. The first-order valence-corrected chi connectivity index (χ1v) is 12.2. The molecule has 0 aromatic carbocycles. The Bertz CT molecular complexity index is 133. The molecule has 10 heavy (non-hydrogen) atoms. The van der Waals surface area contributed by atoms with Gasteiger partial charge in [-0.1, -0.05) is 0 Å². The third-order valence-corrected chi connectivity index (χ3v) is 6.55. The van der Waals surface area contributed by atoms with Gasteiger partial charge in [0.2, 0.25) is 0 Å². The van der Waals surface area contributed by atoms with E-state index in [4.69, 9.17) is 0 Å². The Morgan fingerprint density at radius 2 is 2.30 bits per heavy atom. The summed E-state index contributed by atoms with van der Waals surface area (Å²) in [5.74, 6) is 1.75. The van der Waals surface area contributed by atoms with Gasteiger partial charge in [0.25, 0.3) is 0 Å². The van der Waals surface area contributed by atoms with E-state index in [1.54, 1.807) is 0 Å². The fraction of sp³-hybridized carbons (Fsp3) is 0.750. The zero-order valence-electron chi connectivity index (χ0n) is 6.36.